The number of aliphatic hydroxyl groups is 3. The zero-order chi connectivity index (χ0) is 26.5. The summed E-state index contributed by atoms with van der Waals surface area (Å²) < 4.78 is 12.3. The third-order valence-electron chi connectivity index (χ3n) is 7.25. The lowest BCUT2D eigenvalue weighted by molar-refractivity contribution is -0.148. The number of carbonyl (C=O) groups is 3. The number of Topliss-reactive ketones (excluding diaryl/α,β-unsaturated/α-hetero) is 2. The number of benzene rings is 1. The summed E-state index contributed by atoms with van der Waals surface area (Å²) in [4.78, 5) is 45.3. The van der Waals surface area contributed by atoms with E-state index in [1.807, 2.05) is 0 Å². The van der Waals surface area contributed by atoms with Crippen LogP contribution in [0.4, 0.5) is 4.39 Å². The average molecular weight is 505 g/mol. The number of primary amides is 1. The maximum atomic E-state index is 13.6. The van der Waals surface area contributed by atoms with Gasteiger partial charge in [0.1, 0.15) is 29.5 Å². The number of nitrogens with two attached hydrogens (primary N) is 1. The molecule has 4 atom stereocenters. The lowest BCUT2D eigenvalue weighted by Crippen LogP contribution is -2.63. The van der Waals surface area contributed by atoms with Crippen molar-refractivity contribution in [3.8, 4) is 5.75 Å². The number of nitrogens with zero attached hydrogens (tertiary/aromatic N) is 1. The molecule has 0 aliphatic heterocycles. The van der Waals surface area contributed by atoms with Gasteiger partial charge in [0.25, 0.3) is 5.91 Å². The molecule has 0 saturated heterocycles. The van der Waals surface area contributed by atoms with E-state index in [0.717, 1.165) is 0 Å². The highest BCUT2D eigenvalue weighted by Crippen LogP contribution is 2.52. The van der Waals surface area contributed by atoms with Crippen molar-refractivity contribution in [2.24, 2.45) is 17.6 Å². The highest BCUT2D eigenvalue weighted by molar-refractivity contribution is 6.24. The molecule has 0 bridgehead atoms. The van der Waals surface area contributed by atoms with Crippen LogP contribution in [0.25, 0.3) is 0 Å². The number of likely N-dealkylation sites (N-methyl/N-ethyl adjacent to an activating group) is 1. The minimum absolute atomic E-state index is 0.00730. The standard InChI is InChI=1S/C24H28FN3O8/c1-28(2)18-13-8-11-7-12-10(9-27-36-6-5-25)3-4-14(29)16(12)19(30)15(11)21(32)24(13,35)22(33)17(20(18)31)23(26)34/h3-4,11,13,18,27,29,31-32,35H,5-9H2,1-2H3,(H2,26,34)/t11-,13-,18-,24-/m0/s1. The molecule has 1 amide bonds. The van der Waals surface area contributed by atoms with Crippen LogP contribution in [-0.4, -0.2) is 81.8 Å². The zero-order valence-electron chi connectivity index (χ0n) is 19.7. The summed E-state index contributed by atoms with van der Waals surface area (Å²) in [5, 5.41) is 44.1. The molecule has 1 aromatic rings. The number of allylic oxidation sites excluding steroid dienone is 1. The Labute approximate surface area is 205 Å². The van der Waals surface area contributed by atoms with E-state index < -0.39 is 64.7 Å². The van der Waals surface area contributed by atoms with Crippen molar-refractivity contribution < 1.29 is 44.0 Å². The summed E-state index contributed by atoms with van der Waals surface area (Å²) in [7, 11) is 3.12. The molecule has 7 N–H and O–H groups in total. The number of phenolic OH excluding ortho intramolecular Hbond substituents is 1. The van der Waals surface area contributed by atoms with Crippen molar-refractivity contribution in [1.29, 1.82) is 0 Å². The number of hydroxylamine groups is 1. The maximum absolute atomic E-state index is 13.6. The second-order valence-electron chi connectivity index (χ2n) is 9.42. The van der Waals surface area contributed by atoms with Gasteiger partial charge in [0.2, 0.25) is 5.78 Å². The molecule has 0 saturated carbocycles. The quantitative estimate of drug-likeness (QED) is 0.169. The van der Waals surface area contributed by atoms with Crippen LogP contribution in [-0.2, 0) is 27.4 Å². The monoisotopic (exact) mass is 505 g/mol. The van der Waals surface area contributed by atoms with E-state index in [4.69, 9.17) is 10.6 Å². The number of fused-ring (bicyclic) bond motifs is 3. The Balaban J connectivity index is 1.85. The summed E-state index contributed by atoms with van der Waals surface area (Å²) in [6.45, 7) is -0.762. The van der Waals surface area contributed by atoms with Gasteiger partial charge in [-0.2, -0.15) is 5.48 Å². The van der Waals surface area contributed by atoms with Gasteiger partial charge >= 0.3 is 0 Å². The molecule has 11 nitrogen and oxygen atoms in total. The molecule has 12 heteroatoms. The van der Waals surface area contributed by atoms with Gasteiger partial charge in [-0.1, -0.05) is 6.07 Å². The second-order valence-corrected chi connectivity index (χ2v) is 9.42. The Kier molecular flexibility index (Phi) is 6.64. The minimum Gasteiger partial charge on any atom is -0.510 e. The van der Waals surface area contributed by atoms with E-state index >= 15 is 0 Å². The molecule has 0 heterocycles. The molecule has 194 valence electrons. The molecule has 0 aromatic heterocycles. The number of carbonyl (C=O) groups excluding carboxylic acids is 3. The number of hydrogen-bond acceptors (Lipinski definition) is 10. The number of alkyl halides is 1. The molecule has 0 radical (unpaired) electrons. The summed E-state index contributed by atoms with van der Waals surface area (Å²) in [6, 6.07) is 1.82. The van der Waals surface area contributed by atoms with Gasteiger partial charge in [0.05, 0.1) is 18.2 Å². The fourth-order valence-corrected chi connectivity index (χ4v) is 5.72. The number of hydrogen-bond donors (Lipinski definition) is 6. The fourth-order valence-electron chi connectivity index (χ4n) is 5.72. The molecule has 4 rings (SSSR count). The van der Waals surface area contributed by atoms with Crippen molar-refractivity contribution in [2.75, 3.05) is 27.4 Å². The Bertz CT molecular complexity index is 1210. The van der Waals surface area contributed by atoms with Crippen molar-refractivity contribution >= 4 is 17.5 Å². The van der Waals surface area contributed by atoms with Crippen LogP contribution in [0.1, 0.15) is 27.9 Å². The Morgan fingerprint density at radius 3 is 2.58 bits per heavy atom. The first kappa shape index (κ1) is 25.8. The topological polar surface area (TPSA) is 183 Å². The van der Waals surface area contributed by atoms with Crippen molar-refractivity contribution in [1.82, 2.24) is 10.4 Å². The maximum Gasteiger partial charge on any atom is 0.255 e. The van der Waals surface area contributed by atoms with Gasteiger partial charge in [-0.05, 0) is 50.0 Å². The number of rotatable bonds is 7. The number of amides is 1. The van der Waals surface area contributed by atoms with Crippen LogP contribution in [0, 0.1) is 11.8 Å². The zero-order valence-corrected chi connectivity index (χ0v) is 19.7. The number of aromatic hydroxyl groups is 1. The number of halogens is 1. The largest absolute Gasteiger partial charge is 0.510 e. The summed E-state index contributed by atoms with van der Waals surface area (Å²) in [5.41, 5.74) is 5.12. The highest BCUT2D eigenvalue weighted by atomic mass is 19.1. The predicted octanol–water partition coefficient (Wildman–Crippen LogP) is 0.111. The smallest absolute Gasteiger partial charge is 0.255 e. The molecular weight excluding hydrogens is 477 g/mol. The summed E-state index contributed by atoms with van der Waals surface area (Å²) >= 11 is 0. The van der Waals surface area contributed by atoms with Crippen LogP contribution in [0.15, 0.2) is 34.8 Å². The number of phenols is 1. The minimum atomic E-state index is -2.68. The van der Waals surface area contributed by atoms with E-state index in [9.17, 15) is 39.2 Å². The number of ketones is 2. The first-order valence-corrected chi connectivity index (χ1v) is 11.4. The molecule has 3 aliphatic rings. The first-order chi connectivity index (χ1) is 17.0. The Hall–Kier alpha value is -3.32. The lowest BCUT2D eigenvalue weighted by atomic mass is 9.58. The highest BCUT2D eigenvalue weighted by Gasteiger charge is 2.63. The van der Waals surface area contributed by atoms with Crippen LogP contribution in [0.3, 0.4) is 0 Å². The van der Waals surface area contributed by atoms with Crippen LogP contribution >= 0.6 is 0 Å². The number of nitrogens with one attached hydrogen (secondary N) is 1. The lowest BCUT2D eigenvalue weighted by Gasteiger charge is -2.50. The van der Waals surface area contributed by atoms with Crippen LogP contribution in [0.2, 0.25) is 0 Å². The molecule has 0 fully saturated rings. The fraction of sp³-hybridized carbons (Fsp3) is 0.458. The van der Waals surface area contributed by atoms with Gasteiger partial charge in [0.15, 0.2) is 11.4 Å². The van der Waals surface area contributed by atoms with E-state index in [-0.39, 0.29) is 42.9 Å². The average Bonchev–Trinajstić information content (AvgIpc) is 2.80. The third kappa shape index (κ3) is 3.68. The molecule has 3 aliphatic carbocycles. The predicted molar refractivity (Wildman–Crippen MR) is 122 cm³/mol. The molecule has 0 spiro atoms. The van der Waals surface area contributed by atoms with Gasteiger partial charge in [-0.3, -0.25) is 24.1 Å². The number of aliphatic hydroxyl groups excluding tert-OH is 2. The third-order valence-corrected chi connectivity index (χ3v) is 7.25. The van der Waals surface area contributed by atoms with Crippen molar-refractivity contribution in [2.45, 2.75) is 31.0 Å². The van der Waals surface area contributed by atoms with Crippen LogP contribution < -0.4 is 11.2 Å². The van der Waals surface area contributed by atoms with E-state index in [1.54, 1.807) is 20.2 Å². The van der Waals surface area contributed by atoms with Gasteiger partial charge in [-0.25, -0.2) is 4.39 Å². The van der Waals surface area contributed by atoms with Gasteiger partial charge in [0, 0.05) is 18.0 Å². The van der Waals surface area contributed by atoms with Crippen molar-refractivity contribution in [3.05, 3.63) is 51.5 Å². The first-order valence-electron chi connectivity index (χ1n) is 11.4. The summed E-state index contributed by atoms with van der Waals surface area (Å²) in [6.07, 6.45) is 0.149. The van der Waals surface area contributed by atoms with E-state index in [2.05, 4.69) is 5.48 Å². The van der Waals surface area contributed by atoms with Gasteiger partial charge < -0.3 is 26.2 Å². The van der Waals surface area contributed by atoms with Crippen molar-refractivity contribution in [3.63, 3.8) is 0 Å². The SMILES string of the molecule is CN(C)[C@@H]1C(O)=C(C(N)=O)C(=O)[C@@]2(O)C(O)=C3C(=O)c4c(O)ccc(CNOCCF)c4C[C@H]3C[C@@H]12. The Morgan fingerprint density at radius 2 is 1.97 bits per heavy atom. The normalized spacial score (nSPS) is 27.8. The molecule has 1 aromatic carbocycles. The Morgan fingerprint density at radius 1 is 1.28 bits per heavy atom. The van der Waals surface area contributed by atoms with E-state index in [0.29, 0.717) is 11.1 Å². The molecular formula is C24H28FN3O8. The second kappa shape index (κ2) is 9.28. The molecule has 36 heavy (non-hydrogen) atoms. The molecule has 0 unspecified atom stereocenters. The summed E-state index contributed by atoms with van der Waals surface area (Å²) in [5.74, 6) is -7.02. The van der Waals surface area contributed by atoms with Crippen LogP contribution in [0.5, 0.6) is 5.75 Å². The van der Waals surface area contributed by atoms with E-state index in [1.165, 1.54) is 11.0 Å². The van der Waals surface area contributed by atoms with Gasteiger partial charge in [-0.15, -0.1) is 0 Å².